The Labute approximate surface area is 175 Å². The smallest absolute Gasteiger partial charge is 0.0586 e. The largest absolute Gasteiger partial charge is 0.0979 e. The molecule has 0 unspecified atom stereocenters. The van der Waals surface area contributed by atoms with Crippen molar-refractivity contribution in [3.05, 3.63) is 0 Å². The van der Waals surface area contributed by atoms with Gasteiger partial charge in [-0.05, 0) is 6.42 Å². The van der Waals surface area contributed by atoms with E-state index in [1.54, 1.807) is 0 Å². The molecule has 0 saturated heterocycles. The van der Waals surface area contributed by atoms with E-state index >= 15 is 0 Å². The van der Waals surface area contributed by atoms with Gasteiger partial charge >= 0.3 is 0 Å². The van der Waals surface area contributed by atoms with Gasteiger partial charge in [-0.1, -0.05) is 153 Å². The SMILES string of the molecule is CCCCCCCCCCCCCCCCCCCCCCCCC#C[P]. The van der Waals surface area contributed by atoms with Gasteiger partial charge in [0.1, 0.15) is 0 Å². The number of hydrogen-bond donors (Lipinski definition) is 0. The molecule has 0 spiro atoms. The summed E-state index contributed by atoms with van der Waals surface area (Å²) in [5.41, 5.74) is 2.68. The van der Waals surface area contributed by atoms with E-state index in [0.29, 0.717) is 0 Å². The van der Waals surface area contributed by atoms with Crippen LogP contribution in [0.1, 0.15) is 155 Å². The van der Waals surface area contributed by atoms with Gasteiger partial charge in [0.05, 0.1) is 9.24 Å². The Morgan fingerprint density at radius 2 is 0.667 bits per heavy atom. The number of rotatable bonds is 22. The van der Waals surface area contributed by atoms with Crippen LogP contribution in [0.15, 0.2) is 0 Å². The second-order valence-electron chi connectivity index (χ2n) is 8.46. The summed E-state index contributed by atoms with van der Waals surface area (Å²) in [6.07, 6.45) is 32.8. The molecule has 0 bridgehead atoms. The van der Waals surface area contributed by atoms with Crippen LogP contribution in [0.4, 0.5) is 0 Å². The van der Waals surface area contributed by atoms with Crippen LogP contribution in [0, 0.1) is 11.6 Å². The molecule has 27 heavy (non-hydrogen) atoms. The van der Waals surface area contributed by atoms with E-state index in [2.05, 4.69) is 27.7 Å². The molecule has 0 fully saturated rings. The van der Waals surface area contributed by atoms with Crippen LogP contribution in [0.2, 0.25) is 0 Å². The van der Waals surface area contributed by atoms with Crippen LogP contribution in [0.5, 0.6) is 0 Å². The Morgan fingerprint density at radius 1 is 0.407 bits per heavy atom. The van der Waals surface area contributed by atoms with Gasteiger partial charge in [-0.2, -0.15) is 0 Å². The van der Waals surface area contributed by atoms with Crippen molar-refractivity contribution in [1.82, 2.24) is 0 Å². The minimum atomic E-state index is 1.03. The Balaban J connectivity index is 2.98. The van der Waals surface area contributed by atoms with Crippen molar-refractivity contribution >= 4 is 9.24 Å². The Hall–Kier alpha value is -0.0100. The van der Waals surface area contributed by atoms with Crippen molar-refractivity contribution in [3.8, 4) is 11.6 Å². The predicted molar refractivity (Wildman–Crippen MR) is 127 cm³/mol. The van der Waals surface area contributed by atoms with E-state index in [1.807, 2.05) is 0 Å². The van der Waals surface area contributed by atoms with Crippen LogP contribution >= 0.6 is 9.24 Å². The molecule has 0 aliphatic carbocycles. The fourth-order valence-electron chi connectivity index (χ4n) is 3.88. The molecule has 0 aromatic rings. The zero-order chi connectivity index (χ0) is 19.7. The van der Waals surface area contributed by atoms with Crippen molar-refractivity contribution < 1.29 is 0 Å². The van der Waals surface area contributed by atoms with E-state index in [9.17, 15) is 0 Å². The van der Waals surface area contributed by atoms with Crippen molar-refractivity contribution in [2.24, 2.45) is 0 Å². The number of hydrogen-bond acceptors (Lipinski definition) is 0. The second-order valence-corrected chi connectivity index (χ2v) is 8.69. The predicted octanol–water partition coefficient (Wildman–Crippen LogP) is 10.3. The molecule has 0 aromatic heterocycles. The van der Waals surface area contributed by atoms with Gasteiger partial charge in [-0.25, -0.2) is 0 Å². The minimum Gasteiger partial charge on any atom is -0.0979 e. The van der Waals surface area contributed by atoms with Crippen LogP contribution in [0.3, 0.4) is 0 Å². The first-order valence-electron chi connectivity index (χ1n) is 12.5. The maximum atomic E-state index is 3.91. The van der Waals surface area contributed by atoms with Gasteiger partial charge in [-0.3, -0.25) is 0 Å². The van der Waals surface area contributed by atoms with Gasteiger partial charge in [0.2, 0.25) is 0 Å². The lowest BCUT2D eigenvalue weighted by atomic mass is 10.0. The van der Waals surface area contributed by atoms with Gasteiger partial charge in [0.15, 0.2) is 0 Å². The average Bonchev–Trinajstić information content (AvgIpc) is 2.68. The van der Waals surface area contributed by atoms with Crippen LogP contribution in [-0.4, -0.2) is 0 Å². The summed E-state index contributed by atoms with van der Waals surface area (Å²) in [5.74, 6) is 3.02. The van der Waals surface area contributed by atoms with E-state index in [0.717, 1.165) is 6.42 Å². The van der Waals surface area contributed by atoms with Gasteiger partial charge in [0.25, 0.3) is 0 Å². The topological polar surface area (TPSA) is 0 Å². The van der Waals surface area contributed by atoms with Crippen molar-refractivity contribution in [2.75, 3.05) is 0 Å². The third-order valence-electron chi connectivity index (χ3n) is 5.73. The highest BCUT2D eigenvalue weighted by Crippen LogP contribution is 2.15. The fourth-order valence-corrected chi connectivity index (χ4v) is 3.99. The molecule has 0 aromatic carbocycles. The first kappa shape index (κ1) is 27.0. The van der Waals surface area contributed by atoms with Gasteiger partial charge in [-0.15, -0.1) is 0 Å². The molecule has 0 heterocycles. The highest BCUT2D eigenvalue weighted by molar-refractivity contribution is 7.23. The zero-order valence-corrected chi connectivity index (χ0v) is 19.6. The normalized spacial score (nSPS) is 10.7. The highest BCUT2D eigenvalue weighted by Gasteiger charge is 1.95. The fraction of sp³-hybridized carbons (Fsp3) is 0.923. The summed E-state index contributed by atoms with van der Waals surface area (Å²) in [6, 6.07) is 0. The summed E-state index contributed by atoms with van der Waals surface area (Å²) in [6.45, 7) is 2.30. The Kier molecular flexibility index (Phi) is 26.0. The Bertz CT molecular complexity index is 312. The molecule has 0 nitrogen and oxygen atoms in total. The summed E-state index contributed by atoms with van der Waals surface area (Å²) in [5, 5.41) is 0. The lowest BCUT2D eigenvalue weighted by Gasteiger charge is -2.04. The number of unbranched alkanes of at least 4 members (excludes halogenated alkanes) is 22. The molecule has 0 aliphatic heterocycles. The Morgan fingerprint density at radius 3 is 0.926 bits per heavy atom. The molecule has 0 rings (SSSR count). The lowest BCUT2D eigenvalue weighted by Crippen LogP contribution is -1.84. The summed E-state index contributed by atoms with van der Waals surface area (Å²) >= 11 is 0. The monoisotopic (exact) mass is 392 g/mol. The molecular formula is C26H49P. The molecular weight excluding hydrogens is 343 g/mol. The molecule has 0 saturated carbocycles. The van der Waals surface area contributed by atoms with E-state index in [-0.39, 0.29) is 0 Å². The maximum Gasteiger partial charge on any atom is 0.0586 e. The summed E-state index contributed by atoms with van der Waals surface area (Å²) in [7, 11) is 3.91. The maximum absolute atomic E-state index is 3.91. The third-order valence-corrected chi connectivity index (χ3v) is 5.89. The van der Waals surface area contributed by atoms with Crippen LogP contribution in [-0.2, 0) is 0 Å². The van der Waals surface area contributed by atoms with Crippen molar-refractivity contribution in [2.45, 2.75) is 155 Å². The molecule has 158 valence electrons. The van der Waals surface area contributed by atoms with E-state index in [1.165, 1.54) is 141 Å². The molecule has 0 atom stereocenters. The van der Waals surface area contributed by atoms with Gasteiger partial charge < -0.3 is 0 Å². The zero-order valence-electron chi connectivity index (χ0n) is 18.7. The average molecular weight is 393 g/mol. The first-order valence-corrected chi connectivity index (χ1v) is 13.0. The minimum absolute atomic E-state index is 1.03. The quantitative estimate of drug-likeness (QED) is 0.0976. The van der Waals surface area contributed by atoms with Gasteiger partial charge in [0, 0.05) is 6.42 Å². The van der Waals surface area contributed by atoms with Crippen molar-refractivity contribution in [3.63, 3.8) is 0 Å². The molecule has 0 amide bonds. The first-order chi connectivity index (χ1) is 13.4. The van der Waals surface area contributed by atoms with E-state index < -0.39 is 0 Å². The second kappa shape index (κ2) is 26.0. The molecule has 0 aliphatic rings. The molecule has 0 N–H and O–H groups in total. The van der Waals surface area contributed by atoms with Crippen LogP contribution in [0.25, 0.3) is 0 Å². The van der Waals surface area contributed by atoms with Crippen LogP contribution < -0.4 is 0 Å². The summed E-state index contributed by atoms with van der Waals surface area (Å²) < 4.78 is 0. The molecule has 1 heteroatoms. The standard InChI is InChI=1S/C26H49P/c1-2-3-4-5-6-7-8-9-10-11-12-13-14-15-16-17-18-19-20-21-22-23-24-25-26-27/h2-24H2,1H3. The lowest BCUT2D eigenvalue weighted by molar-refractivity contribution is 0.519. The van der Waals surface area contributed by atoms with Crippen molar-refractivity contribution in [1.29, 1.82) is 0 Å². The molecule has 2 radical (unpaired) electrons. The van der Waals surface area contributed by atoms with E-state index in [4.69, 9.17) is 0 Å². The summed E-state index contributed by atoms with van der Waals surface area (Å²) in [4.78, 5) is 0. The highest BCUT2D eigenvalue weighted by atomic mass is 31.0. The third kappa shape index (κ3) is 26.0.